The van der Waals surface area contributed by atoms with Crippen LogP contribution >= 0.6 is 0 Å². The van der Waals surface area contributed by atoms with Crippen molar-refractivity contribution in [2.45, 2.75) is 20.5 Å². The minimum absolute atomic E-state index is 0.101. The number of anilines is 1. The van der Waals surface area contributed by atoms with Crippen LogP contribution in [-0.4, -0.2) is 22.1 Å². The van der Waals surface area contributed by atoms with E-state index in [1.165, 1.54) is 6.07 Å². The molecule has 2 heterocycles. The maximum atomic E-state index is 12.2. The van der Waals surface area contributed by atoms with Gasteiger partial charge in [-0.25, -0.2) is 4.98 Å². The Morgan fingerprint density at radius 2 is 1.90 bits per heavy atom. The van der Waals surface area contributed by atoms with Crippen molar-refractivity contribution in [2.75, 3.05) is 11.9 Å². The number of hydrogen-bond acceptors (Lipinski definition) is 6. The number of benzene rings is 2. The molecule has 2 aromatic heterocycles. The summed E-state index contributed by atoms with van der Waals surface area (Å²) in [6, 6.07) is 17.5. The molecule has 0 saturated carbocycles. The monoisotopic (exact) mass is 419 g/mol. The lowest BCUT2D eigenvalue weighted by Gasteiger charge is -2.11. The zero-order valence-corrected chi connectivity index (χ0v) is 17.1. The Kier molecular flexibility index (Phi) is 5.70. The molecular formula is C23H21N3O5. The number of carbonyl (C=O) groups excluding carboxylic acids is 1. The predicted octanol–water partition coefficient (Wildman–Crippen LogP) is 3.50. The van der Waals surface area contributed by atoms with Gasteiger partial charge >= 0.3 is 0 Å². The Labute approximate surface area is 178 Å². The molecule has 0 aliphatic rings. The van der Waals surface area contributed by atoms with E-state index in [1.807, 2.05) is 31.2 Å². The molecule has 0 radical (unpaired) electrons. The highest BCUT2D eigenvalue weighted by molar-refractivity contribution is 5.92. The molecule has 4 aromatic rings. The molecule has 158 valence electrons. The first-order valence-corrected chi connectivity index (χ1v) is 9.69. The average molecular weight is 419 g/mol. The van der Waals surface area contributed by atoms with E-state index in [-0.39, 0.29) is 24.7 Å². The van der Waals surface area contributed by atoms with Crippen molar-refractivity contribution < 1.29 is 18.8 Å². The summed E-state index contributed by atoms with van der Waals surface area (Å²) in [4.78, 5) is 28.7. The third-order valence-corrected chi connectivity index (χ3v) is 4.48. The Bertz CT molecular complexity index is 1290. The van der Waals surface area contributed by atoms with Crippen molar-refractivity contribution in [3.63, 3.8) is 0 Å². The highest BCUT2D eigenvalue weighted by atomic mass is 16.5. The van der Waals surface area contributed by atoms with Crippen LogP contribution < -0.4 is 20.3 Å². The van der Waals surface area contributed by atoms with Gasteiger partial charge < -0.3 is 19.3 Å². The quantitative estimate of drug-likeness (QED) is 0.493. The summed E-state index contributed by atoms with van der Waals surface area (Å²) in [7, 11) is 0. The van der Waals surface area contributed by atoms with Crippen LogP contribution in [0.2, 0.25) is 0 Å². The van der Waals surface area contributed by atoms with Gasteiger partial charge in [-0.15, -0.1) is 4.57 Å². The minimum Gasteiger partial charge on any atom is -0.487 e. The Morgan fingerprint density at radius 1 is 1.06 bits per heavy atom. The molecule has 8 heteroatoms. The fourth-order valence-corrected chi connectivity index (χ4v) is 3.03. The number of rotatable bonds is 7. The van der Waals surface area contributed by atoms with E-state index in [0.717, 1.165) is 10.1 Å². The molecule has 8 nitrogen and oxygen atoms in total. The van der Waals surface area contributed by atoms with Gasteiger partial charge in [-0.1, -0.05) is 24.3 Å². The maximum Gasteiger partial charge on any atom is 0.287 e. The number of nitrogens with zero attached hydrogens (tertiary/aromatic N) is 2. The van der Waals surface area contributed by atoms with E-state index in [9.17, 15) is 9.59 Å². The molecule has 4 rings (SSSR count). The summed E-state index contributed by atoms with van der Waals surface area (Å²) in [5.41, 5.74) is 2.13. The van der Waals surface area contributed by atoms with Crippen molar-refractivity contribution in [2.24, 2.45) is 0 Å². The molecule has 0 aliphatic carbocycles. The van der Waals surface area contributed by atoms with Crippen molar-refractivity contribution in [1.29, 1.82) is 0 Å². The second kappa shape index (κ2) is 8.74. The summed E-state index contributed by atoms with van der Waals surface area (Å²) < 4.78 is 17.7. The van der Waals surface area contributed by atoms with Gasteiger partial charge in [0.15, 0.2) is 12.3 Å². The molecule has 0 bridgehead atoms. The number of hydrogen-bond donors (Lipinski definition) is 1. The van der Waals surface area contributed by atoms with Crippen molar-refractivity contribution in [3.05, 3.63) is 88.0 Å². The molecule has 1 N–H and O–H groups in total. The molecule has 0 fully saturated rings. The van der Waals surface area contributed by atoms with Gasteiger partial charge in [-0.2, -0.15) is 0 Å². The van der Waals surface area contributed by atoms with Crippen LogP contribution in [0, 0.1) is 13.8 Å². The second-order valence-corrected chi connectivity index (χ2v) is 7.00. The van der Waals surface area contributed by atoms with Gasteiger partial charge in [0.2, 0.25) is 0 Å². The summed E-state index contributed by atoms with van der Waals surface area (Å²) >= 11 is 0. The first-order chi connectivity index (χ1) is 15.0. The molecule has 0 saturated heterocycles. The number of para-hydroxylation sites is 1. The van der Waals surface area contributed by atoms with Crippen LogP contribution in [0.5, 0.6) is 11.5 Å². The van der Waals surface area contributed by atoms with Crippen molar-refractivity contribution in [1.82, 2.24) is 9.56 Å². The molecule has 2 aromatic carbocycles. The predicted molar refractivity (Wildman–Crippen MR) is 115 cm³/mol. The lowest BCUT2D eigenvalue weighted by molar-refractivity contribution is -0.118. The number of ether oxygens (including phenoxy) is 2. The summed E-state index contributed by atoms with van der Waals surface area (Å²) in [5.74, 6) is 1.51. The first kappa shape index (κ1) is 20.2. The number of aromatic nitrogens is 2. The SMILES string of the molecule is Cc1cc2nc(COc3cccc(NC(=O)COc4ccccc4C)c3)cc(=O)n2o1. The van der Waals surface area contributed by atoms with Crippen LogP contribution in [0.3, 0.4) is 0 Å². The van der Waals surface area contributed by atoms with Crippen molar-refractivity contribution >= 4 is 17.2 Å². The summed E-state index contributed by atoms with van der Waals surface area (Å²) in [6.07, 6.45) is 0. The zero-order valence-electron chi connectivity index (χ0n) is 17.1. The minimum atomic E-state index is -0.314. The number of carbonyl (C=O) groups is 1. The van der Waals surface area contributed by atoms with E-state index in [0.29, 0.717) is 34.3 Å². The second-order valence-electron chi connectivity index (χ2n) is 7.00. The normalized spacial score (nSPS) is 10.8. The third kappa shape index (κ3) is 4.92. The van der Waals surface area contributed by atoms with Gasteiger partial charge in [0, 0.05) is 23.9 Å². The van der Waals surface area contributed by atoms with Gasteiger partial charge in [0.25, 0.3) is 11.5 Å². The number of fused-ring (bicyclic) bond motifs is 1. The van der Waals surface area contributed by atoms with Gasteiger partial charge in [0.05, 0.1) is 5.69 Å². The van der Waals surface area contributed by atoms with Gasteiger partial charge in [0.1, 0.15) is 23.9 Å². The highest BCUT2D eigenvalue weighted by Gasteiger charge is 2.09. The Balaban J connectivity index is 1.36. The van der Waals surface area contributed by atoms with Crippen LogP contribution in [0.15, 0.2) is 70.0 Å². The summed E-state index contributed by atoms with van der Waals surface area (Å²) in [6.45, 7) is 3.66. The highest BCUT2D eigenvalue weighted by Crippen LogP contribution is 2.19. The summed E-state index contributed by atoms with van der Waals surface area (Å²) in [5, 5.41) is 2.78. The standard InChI is InChI=1S/C23H21N3O5/c1-15-6-3-4-9-20(15)30-14-22(27)25-17-7-5-8-19(11-17)29-13-18-12-23(28)26-21(24-18)10-16(2)31-26/h3-12H,13-14H2,1-2H3,(H,25,27). The smallest absolute Gasteiger partial charge is 0.287 e. The largest absolute Gasteiger partial charge is 0.487 e. The Morgan fingerprint density at radius 3 is 2.74 bits per heavy atom. The van der Waals surface area contributed by atoms with E-state index < -0.39 is 0 Å². The van der Waals surface area contributed by atoms with E-state index in [4.69, 9.17) is 14.0 Å². The van der Waals surface area contributed by atoms with E-state index >= 15 is 0 Å². The first-order valence-electron chi connectivity index (χ1n) is 9.69. The molecule has 1 amide bonds. The van der Waals surface area contributed by atoms with E-state index in [2.05, 4.69) is 10.3 Å². The van der Waals surface area contributed by atoms with Crippen LogP contribution in [0.25, 0.3) is 5.65 Å². The van der Waals surface area contributed by atoms with Crippen molar-refractivity contribution in [3.8, 4) is 11.5 Å². The molecule has 0 aliphatic heterocycles. The molecule has 0 atom stereocenters. The number of aryl methyl sites for hydroxylation is 2. The van der Waals surface area contributed by atoms with Crippen LogP contribution in [0.1, 0.15) is 17.0 Å². The Hall–Kier alpha value is -4.07. The molecule has 0 unspecified atom stereocenters. The number of nitrogens with one attached hydrogen (secondary N) is 1. The average Bonchev–Trinajstić information content (AvgIpc) is 3.13. The maximum absolute atomic E-state index is 12.2. The molecule has 31 heavy (non-hydrogen) atoms. The molecular weight excluding hydrogens is 398 g/mol. The lowest BCUT2D eigenvalue weighted by atomic mass is 10.2. The molecule has 0 spiro atoms. The van der Waals surface area contributed by atoms with Gasteiger partial charge in [-0.05, 0) is 37.6 Å². The van der Waals surface area contributed by atoms with Crippen LogP contribution in [0.4, 0.5) is 5.69 Å². The topological polar surface area (TPSA) is 95.1 Å². The number of amides is 1. The zero-order chi connectivity index (χ0) is 21.8. The fourth-order valence-electron chi connectivity index (χ4n) is 3.03. The third-order valence-electron chi connectivity index (χ3n) is 4.48. The van der Waals surface area contributed by atoms with Crippen LogP contribution in [-0.2, 0) is 11.4 Å². The lowest BCUT2D eigenvalue weighted by Crippen LogP contribution is -2.20. The fraction of sp³-hybridized carbons (Fsp3) is 0.174. The van der Waals surface area contributed by atoms with E-state index in [1.54, 1.807) is 37.3 Å². The van der Waals surface area contributed by atoms with Gasteiger partial charge in [-0.3, -0.25) is 9.59 Å².